The number of hydrogen-bond acceptors (Lipinski definition) is 3. The maximum Gasteiger partial charge on any atom is 0.416 e. The lowest BCUT2D eigenvalue weighted by Gasteiger charge is -2.30. The Morgan fingerprint density at radius 2 is 1.69 bits per heavy atom. The number of benzene rings is 2. The topological polar surface area (TPSA) is 38.8 Å². The van der Waals surface area contributed by atoms with E-state index in [0.29, 0.717) is 31.5 Å². The van der Waals surface area contributed by atoms with E-state index >= 15 is 0 Å². The Morgan fingerprint density at radius 1 is 1.03 bits per heavy atom. The van der Waals surface area contributed by atoms with E-state index < -0.39 is 11.7 Å². The van der Waals surface area contributed by atoms with Crippen molar-refractivity contribution in [2.75, 3.05) is 13.1 Å². The summed E-state index contributed by atoms with van der Waals surface area (Å²) in [4.78, 5) is 13.8. The minimum Gasteiger partial charge on any atom is -0.498 e. The summed E-state index contributed by atoms with van der Waals surface area (Å²) in [6.45, 7) is 1.31. The van der Waals surface area contributed by atoms with Crippen LogP contribution in [0.5, 0.6) is 0 Å². The van der Waals surface area contributed by atoms with Gasteiger partial charge in [0.05, 0.1) is 11.8 Å². The quantitative estimate of drug-likeness (QED) is 0.617. The molecule has 2 aromatic carbocycles. The number of nitrogens with zero attached hydrogens (tertiary/aromatic N) is 1. The third-order valence-electron chi connectivity index (χ3n) is 4.67. The SMILES string of the molecule is O=C(OCc1ccccc1)N1CCC(O/C=C/c2ccc(C(F)(F)F)cc2)CC1. The highest BCUT2D eigenvalue weighted by atomic mass is 19.4. The van der Waals surface area contributed by atoms with Crippen molar-refractivity contribution >= 4 is 12.2 Å². The summed E-state index contributed by atoms with van der Waals surface area (Å²) in [7, 11) is 0. The van der Waals surface area contributed by atoms with Crippen LogP contribution in [0.25, 0.3) is 6.08 Å². The Balaban J connectivity index is 1.39. The van der Waals surface area contributed by atoms with Gasteiger partial charge in [-0.05, 0) is 29.3 Å². The van der Waals surface area contributed by atoms with Crippen LogP contribution in [0.1, 0.15) is 29.5 Å². The Bertz CT molecular complexity index is 811. The summed E-state index contributed by atoms with van der Waals surface area (Å²) in [6.07, 6.45) is -0.270. The van der Waals surface area contributed by atoms with Gasteiger partial charge in [0.2, 0.25) is 0 Å². The number of rotatable bonds is 5. The number of halogens is 3. The van der Waals surface area contributed by atoms with Crippen LogP contribution >= 0.6 is 0 Å². The van der Waals surface area contributed by atoms with Crippen LogP contribution < -0.4 is 0 Å². The second-order valence-electron chi connectivity index (χ2n) is 6.79. The van der Waals surface area contributed by atoms with E-state index in [4.69, 9.17) is 9.47 Å². The number of piperidine rings is 1. The van der Waals surface area contributed by atoms with Crippen LogP contribution in [0.2, 0.25) is 0 Å². The van der Waals surface area contributed by atoms with Crippen molar-refractivity contribution in [3.8, 4) is 0 Å². The Labute approximate surface area is 167 Å². The molecule has 1 amide bonds. The molecule has 1 heterocycles. The summed E-state index contributed by atoms with van der Waals surface area (Å²) >= 11 is 0. The first-order chi connectivity index (χ1) is 13.9. The van der Waals surface area contributed by atoms with Crippen molar-refractivity contribution in [1.29, 1.82) is 0 Å². The van der Waals surface area contributed by atoms with Gasteiger partial charge in [-0.15, -0.1) is 0 Å². The summed E-state index contributed by atoms with van der Waals surface area (Å²) in [5.41, 5.74) is 0.884. The Kier molecular flexibility index (Phi) is 6.80. The highest BCUT2D eigenvalue weighted by molar-refractivity contribution is 5.67. The van der Waals surface area contributed by atoms with Gasteiger partial charge in [0.25, 0.3) is 0 Å². The van der Waals surface area contributed by atoms with Gasteiger partial charge in [0, 0.05) is 25.9 Å². The number of likely N-dealkylation sites (tertiary alicyclic amines) is 1. The smallest absolute Gasteiger partial charge is 0.416 e. The van der Waals surface area contributed by atoms with Crippen molar-refractivity contribution in [2.24, 2.45) is 0 Å². The first kappa shape index (κ1) is 20.8. The average molecular weight is 405 g/mol. The molecule has 0 atom stereocenters. The minimum atomic E-state index is -4.34. The predicted octanol–water partition coefficient (Wildman–Crippen LogP) is 5.49. The normalized spacial score (nSPS) is 15.5. The number of carbonyl (C=O) groups is 1. The highest BCUT2D eigenvalue weighted by Gasteiger charge is 2.29. The van der Waals surface area contributed by atoms with Crippen molar-refractivity contribution in [3.05, 3.63) is 77.5 Å². The Morgan fingerprint density at radius 3 is 2.31 bits per heavy atom. The van der Waals surface area contributed by atoms with E-state index in [-0.39, 0.29) is 18.8 Å². The van der Waals surface area contributed by atoms with Crippen LogP contribution in [0, 0.1) is 0 Å². The average Bonchev–Trinajstić information content (AvgIpc) is 2.73. The van der Waals surface area contributed by atoms with Crippen LogP contribution in [-0.2, 0) is 22.3 Å². The maximum absolute atomic E-state index is 12.6. The van der Waals surface area contributed by atoms with E-state index in [1.165, 1.54) is 18.4 Å². The number of ether oxygens (including phenoxy) is 2. The molecule has 0 spiro atoms. The number of carbonyl (C=O) groups excluding carboxylic acids is 1. The summed E-state index contributed by atoms with van der Waals surface area (Å²) in [6, 6.07) is 14.4. The molecule has 0 aromatic heterocycles. The Hall–Kier alpha value is -2.96. The molecule has 1 fully saturated rings. The zero-order chi connectivity index (χ0) is 20.7. The van der Waals surface area contributed by atoms with Crippen molar-refractivity contribution < 1.29 is 27.4 Å². The molecule has 0 bridgehead atoms. The van der Waals surface area contributed by atoms with Crippen molar-refractivity contribution in [1.82, 2.24) is 4.90 Å². The largest absolute Gasteiger partial charge is 0.498 e. The van der Waals surface area contributed by atoms with E-state index in [2.05, 4.69) is 0 Å². The number of amides is 1. The van der Waals surface area contributed by atoms with Gasteiger partial charge in [-0.3, -0.25) is 0 Å². The monoisotopic (exact) mass is 405 g/mol. The van der Waals surface area contributed by atoms with Crippen LogP contribution in [0.15, 0.2) is 60.9 Å². The molecule has 3 rings (SSSR count). The molecule has 29 heavy (non-hydrogen) atoms. The molecule has 0 N–H and O–H groups in total. The molecular formula is C22H22F3NO3. The molecule has 4 nitrogen and oxygen atoms in total. The van der Waals surface area contributed by atoms with Gasteiger partial charge >= 0.3 is 12.3 Å². The molecule has 1 aliphatic heterocycles. The standard InChI is InChI=1S/C22H22F3NO3/c23-22(24,25)19-8-6-17(7-9-19)12-15-28-20-10-13-26(14-11-20)21(27)29-16-18-4-2-1-3-5-18/h1-9,12,15,20H,10-11,13-14,16H2/b15-12+. The molecule has 0 unspecified atom stereocenters. The first-order valence-corrected chi connectivity index (χ1v) is 9.37. The molecular weight excluding hydrogens is 383 g/mol. The van der Waals surface area contributed by atoms with E-state index in [0.717, 1.165) is 17.7 Å². The van der Waals surface area contributed by atoms with Gasteiger partial charge in [-0.1, -0.05) is 42.5 Å². The lowest BCUT2D eigenvalue weighted by molar-refractivity contribution is -0.137. The summed E-state index contributed by atoms with van der Waals surface area (Å²) in [5, 5.41) is 0. The highest BCUT2D eigenvalue weighted by Crippen LogP contribution is 2.29. The fourth-order valence-electron chi connectivity index (χ4n) is 3.00. The fraction of sp³-hybridized carbons (Fsp3) is 0.318. The number of hydrogen-bond donors (Lipinski definition) is 0. The fourth-order valence-corrected chi connectivity index (χ4v) is 3.00. The molecule has 2 aromatic rings. The molecule has 7 heteroatoms. The maximum atomic E-state index is 12.6. The minimum absolute atomic E-state index is 0.0427. The third kappa shape index (κ3) is 6.27. The molecule has 0 saturated carbocycles. The molecule has 1 saturated heterocycles. The van der Waals surface area contributed by atoms with E-state index in [1.807, 2.05) is 30.3 Å². The molecule has 0 aliphatic carbocycles. The second-order valence-corrected chi connectivity index (χ2v) is 6.79. The second kappa shape index (κ2) is 9.49. The first-order valence-electron chi connectivity index (χ1n) is 9.37. The lowest BCUT2D eigenvalue weighted by Crippen LogP contribution is -2.40. The van der Waals surface area contributed by atoms with Crippen LogP contribution in [0.4, 0.5) is 18.0 Å². The van der Waals surface area contributed by atoms with Gasteiger partial charge in [0.15, 0.2) is 0 Å². The molecule has 1 aliphatic rings. The van der Waals surface area contributed by atoms with Gasteiger partial charge in [-0.2, -0.15) is 13.2 Å². The summed E-state index contributed by atoms with van der Waals surface area (Å²) in [5.74, 6) is 0. The van der Waals surface area contributed by atoms with Crippen LogP contribution in [0.3, 0.4) is 0 Å². The lowest BCUT2D eigenvalue weighted by atomic mass is 10.1. The zero-order valence-electron chi connectivity index (χ0n) is 15.8. The summed E-state index contributed by atoms with van der Waals surface area (Å²) < 4.78 is 48.7. The van der Waals surface area contributed by atoms with Crippen LogP contribution in [-0.4, -0.2) is 30.2 Å². The molecule has 0 radical (unpaired) electrons. The van der Waals surface area contributed by atoms with Gasteiger partial charge in [0.1, 0.15) is 12.7 Å². The number of alkyl halides is 3. The third-order valence-corrected chi connectivity index (χ3v) is 4.67. The van der Waals surface area contributed by atoms with Gasteiger partial charge in [-0.25, -0.2) is 4.79 Å². The predicted molar refractivity (Wildman–Crippen MR) is 103 cm³/mol. The van der Waals surface area contributed by atoms with Crippen molar-refractivity contribution in [2.45, 2.75) is 31.7 Å². The van der Waals surface area contributed by atoms with E-state index in [1.54, 1.807) is 11.0 Å². The van der Waals surface area contributed by atoms with E-state index in [9.17, 15) is 18.0 Å². The van der Waals surface area contributed by atoms with Crippen molar-refractivity contribution in [3.63, 3.8) is 0 Å². The molecule has 154 valence electrons. The zero-order valence-corrected chi connectivity index (χ0v) is 15.8. The van der Waals surface area contributed by atoms with Gasteiger partial charge < -0.3 is 14.4 Å².